The number of aromatic hydroxyl groups is 1. The van der Waals surface area contributed by atoms with Gasteiger partial charge in [0, 0.05) is 12.6 Å². The molecular weight excluding hydrogens is 278 g/mol. The van der Waals surface area contributed by atoms with Gasteiger partial charge in [0.15, 0.2) is 0 Å². The minimum Gasteiger partial charge on any atom is -0.508 e. The summed E-state index contributed by atoms with van der Waals surface area (Å²) < 4.78 is 5.40. The average molecular weight is 303 g/mol. The number of esters is 1. The summed E-state index contributed by atoms with van der Waals surface area (Å²) in [5.41, 5.74) is 0.0861. The molecule has 1 N–H and O–H groups in total. The van der Waals surface area contributed by atoms with Crippen LogP contribution in [0.2, 0.25) is 0 Å². The molecule has 0 spiro atoms. The monoisotopic (exact) mass is 303 g/mol. The van der Waals surface area contributed by atoms with Crippen LogP contribution >= 0.6 is 0 Å². The molecule has 1 aliphatic heterocycles. The van der Waals surface area contributed by atoms with Crippen LogP contribution in [0, 0.1) is 0 Å². The molecule has 1 aromatic rings. The van der Waals surface area contributed by atoms with Gasteiger partial charge < -0.3 is 9.84 Å². The molecule has 0 radical (unpaired) electrons. The van der Waals surface area contributed by atoms with Gasteiger partial charge in [-0.05, 0) is 50.9 Å². The number of carbonyl (C=O) groups is 1. The van der Waals surface area contributed by atoms with E-state index in [1.165, 1.54) is 0 Å². The van der Waals surface area contributed by atoms with Crippen LogP contribution in [0.15, 0.2) is 36.9 Å². The molecule has 1 heterocycles. The highest BCUT2D eigenvalue weighted by molar-refractivity contribution is 5.84. The smallest absolute Gasteiger partial charge is 0.318 e. The van der Waals surface area contributed by atoms with Gasteiger partial charge >= 0.3 is 5.97 Å². The first kappa shape index (κ1) is 16.6. The molecule has 0 amide bonds. The van der Waals surface area contributed by atoms with Crippen LogP contribution in [-0.4, -0.2) is 41.7 Å². The van der Waals surface area contributed by atoms with Crippen LogP contribution in [0.5, 0.6) is 5.75 Å². The van der Waals surface area contributed by atoms with E-state index in [9.17, 15) is 9.90 Å². The molecule has 2 rings (SSSR count). The molecule has 1 aromatic carbocycles. The summed E-state index contributed by atoms with van der Waals surface area (Å²) in [6.07, 6.45) is 3.50. The van der Waals surface area contributed by atoms with E-state index in [2.05, 4.69) is 18.4 Å². The van der Waals surface area contributed by atoms with E-state index in [4.69, 9.17) is 4.74 Å². The Bertz CT molecular complexity index is 543. The number of piperidine rings is 1. The number of ether oxygens (including phenoxy) is 1. The molecule has 0 saturated carbocycles. The van der Waals surface area contributed by atoms with Crippen LogP contribution in [0.3, 0.4) is 0 Å². The third-order valence-electron chi connectivity index (χ3n) is 4.64. The Morgan fingerprint density at radius 1 is 1.59 bits per heavy atom. The molecular formula is C18H25NO3. The first-order chi connectivity index (χ1) is 10.6. The lowest BCUT2D eigenvalue weighted by molar-refractivity contribution is -0.155. The molecule has 1 aliphatic rings. The Morgan fingerprint density at radius 2 is 2.36 bits per heavy atom. The van der Waals surface area contributed by atoms with Crippen molar-refractivity contribution in [2.75, 3.05) is 19.7 Å². The largest absolute Gasteiger partial charge is 0.508 e. The summed E-state index contributed by atoms with van der Waals surface area (Å²) in [5, 5.41) is 9.84. The third-order valence-corrected chi connectivity index (χ3v) is 4.64. The van der Waals surface area contributed by atoms with Crippen molar-refractivity contribution in [1.82, 2.24) is 4.90 Å². The molecule has 22 heavy (non-hydrogen) atoms. The normalized spacial score (nSPS) is 25.6. The second kappa shape index (κ2) is 6.97. The number of phenolic OH excluding ortho intramolecular Hbond substituents is 1. The maximum Gasteiger partial charge on any atom is 0.318 e. The van der Waals surface area contributed by atoms with Crippen molar-refractivity contribution < 1.29 is 14.6 Å². The van der Waals surface area contributed by atoms with Crippen molar-refractivity contribution in [2.24, 2.45) is 0 Å². The number of hydrogen-bond donors (Lipinski definition) is 1. The first-order valence-corrected chi connectivity index (χ1v) is 7.88. The average Bonchev–Trinajstić information content (AvgIpc) is 2.50. The predicted octanol–water partition coefficient (Wildman–Crippen LogP) is 2.86. The molecule has 4 nitrogen and oxygen atoms in total. The van der Waals surface area contributed by atoms with Crippen molar-refractivity contribution in [3.05, 3.63) is 42.5 Å². The van der Waals surface area contributed by atoms with E-state index in [1.807, 2.05) is 19.1 Å². The van der Waals surface area contributed by atoms with Gasteiger partial charge in [-0.2, -0.15) is 0 Å². The highest BCUT2D eigenvalue weighted by atomic mass is 16.5. The fourth-order valence-corrected chi connectivity index (χ4v) is 3.51. The van der Waals surface area contributed by atoms with E-state index in [1.54, 1.807) is 18.2 Å². The number of likely N-dealkylation sites (tertiary alicyclic amines) is 1. The molecule has 0 unspecified atom stereocenters. The quantitative estimate of drug-likeness (QED) is 0.671. The Morgan fingerprint density at radius 3 is 3.00 bits per heavy atom. The zero-order chi connectivity index (χ0) is 16.2. The molecule has 4 heteroatoms. The van der Waals surface area contributed by atoms with Gasteiger partial charge in [0.25, 0.3) is 0 Å². The second-order valence-electron chi connectivity index (χ2n) is 5.81. The van der Waals surface area contributed by atoms with Gasteiger partial charge in [-0.15, -0.1) is 6.58 Å². The van der Waals surface area contributed by atoms with Crippen molar-refractivity contribution in [3.8, 4) is 5.75 Å². The predicted molar refractivity (Wildman–Crippen MR) is 86.9 cm³/mol. The Balaban J connectivity index is 2.50. The topological polar surface area (TPSA) is 49.8 Å². The lowest BCUT2D eigenvalue weighted by Crippen LogP contribution is -2.57. The highest BCUT2D eigenvalue weighted by Crippen LogP contribution is 2.41. The number of phenols is 1. The minimum absolute atomic E-state index is 0.0138. The molecule has 0 aromatic heterocycles. The molecule has 120 valence electrons. The number of benzene rings is 1. The molecule has 1 fully saturated rings. The van der Waals surface area contributed by atoms with E-state index in [0.29, 0.717) is 6.61 Å². The minimum atomic E-state index is -0.740. The number of hydrogen-bond acceptors (Lipinski definition) is 4. The third kappa shape index (κ3) is 2.88. The van der Waals surface area contributed by atoms with Crippen LogP contribution in [-0.2, 0) is 14.9 Å². The number of nitrogens with zero attached hydrogens (tertiary/aromatic N) is 1. The van der Waals surface area contributed by atoms with Crippen LogP contribution in [0.25, 0.3) is 0 Å². The first-order valence-electron chi connectivity index (χ1n) is 7.88. The summed E-state index contributed by atoms with van der Waals surface area (Å²) in [5.74, 6) is -0.0314. The SMILES string of the molecule is C=CCN1CCC[C@](C(=O)OCC)(c2cccc(O)c2)[C@@H]1C. The summed E-state index contributed by atoms with van der Waals surface area (Å²) in [4.78, 5) is 15.1. The van der Waals surface area contributed by atoms with E-state index in [-0.39, 0.29) is 17.8 Å². The lowest BCUT2D eigenvalue weighted by Gasteiger charge is -2.47. The Hall–Kier alpha value is -1.81. The number of carbonyl (C=O) groups excluding carboxylic acids is 1. The summed E-state index contributed by atoms with van der Waals surface area (Å²) >= 11 is 0. The Kier molecular flexibility index (Phi) is 5.24. The zero-order valence-corrected chi connectivity index (χ0v) is 13.4. The van der Waals surface area contributed by atoms with Crippen molar-refractivity contribution in [2.45, 2.75) is 38.1 Å². The maximum absolute atomic E-state index is 12.8. The van der Waals surface area contributed by atoms with Gasteiger partial charge in [-0.25, -0.2) is 0 Å². The van der Waals surface area contributed by atoms with Crippen LogP contribution in [0.1, 0.15) is 32.3 Å². The van der Waals surface area contributed by atoms with E-state index >= 15 is 0 Å². The van der Waals surface area contributed by atoms with Crippen LogP contribution < -0.4 is 0 Å². The van der Waals surface area contributed by atoms with Gasteiger partial charge in [0.2, 0.25) is 0 Å². The van der Waals surface area contributed by atoms with E-state index < -0.39 is 5.41 Å². The standard InChI is InChI=1S/C18H25NO3/c1-4-11-19-12-7-10-18(14(19)3,17(21)22-5-2)15-8-6-9-16(20)13-15/h4,6,8-9,13-14,20H,1,5,7,10-12H2,2-3H3/t14-,18+/m0/s1. The van der Waals surface area contributed by atoms with Crippen molar-refractivity contribution in [1.29, 1.82) is 0 Å². The summed E-state index contributed by atoms with van der Waals surface area (Å²) in [6.45, 7) is 9.72. The zero-order valence-electron chi connectivity index (χ0n) is 13.4. The molecule has 0 aliphatic carbocycles. The van der Waals surface area contributed by atoms with Gasteiger partial charge in [-0.1, -0.05) is 18.2 Å². The van der Waals surface area contributed by atoms with Gasteiger partial charge in [-0.3, -0.25) is 9.69 Å². The molecule has 0 bridgehead atoms. The fraction of sp³-hybridized carbons (Fsp3) is 0.500. The summed E-state index contributed by atoms with van der Waals surface area (Å²) in [7, 11) is 0. The lowest BCUT2D eigenvalue weighted by atomic mass is 9.68. The van der Waals surface area contributed by atoms with Gasteiger partial charge in [0.05, 0.1) is 6.61 Å². The van der Waals surface area contributed by atoms with Crippen molar-refractivity contribution in [3.63, 3.8) is 0 Å². The molecule has 1 saturated heterocycles. The van der Waals surface area contributed by atoms with Gasteiger partial charge in [0.1, 0.15) is 11.2 Å². The Labute approximate surface area is 132 Å². The van der Waals surface area contributed by atoms with E-state index in [0.717, 1.165) is 31.5 Å². The molecule has 2 atom stereocenters. The van der Waals surface area contributed by atoms with Crippen molar-refractivity contribution >= 4 is 5.97 Å². The number of rotatable bonds is 5. The maximum atomic E-state index is 12.8. The highest BCUT2D eigenvalue weighted by Gasteiger charge is 2.50. The fourth-order valence-electron chi connectivity index (χ4n) is 3.51. The van der Waals surface area contributed by atoms with Crippen LogP contribution in [0.4, 0.5) is 0 Å². The second-order valence-corrected chi connectivity index (χ2v) is 5.81. The summed E-state index contributed by atoms with van der Waals surface area (Å²) in [6, 6.07) is 6.98.